The molecule has 0 unspecified atom stereocenters. The lowest BCUT2D eigenvalue weighted by Crippen LogP contribution is -2.46. The normalized spacial score (nSPS) is 25.9. The maximum atomic E-state index is 12.6. The molecule has 0 bridgehead atoms. The van der Waals surface area contributed by atoms with Crippen molar-refractivity contribution in [1.29, 1.82) is 0 Å². The van der Waals surface area contributed by atoms with Gasteiger partial charge in [0, 0.05) is 17.8 Å². The molecule has 2 aromatic rings. The van der Waals surface area contributed by atoms with Gasteiger partial charge in [0.2, 0.25) is 0 Å². The number of benzene rings is 1. The van der Waals surface area contributed by atoms with Gasteiger partial charge in [-0.05, 0) is 12.1 Å². The van der Waals surface area contributed by atoms with E-state index in [0.717, 1.165) is 16.8 Å². The summed E-state index contributed by atoms with van der Waals surface area (Å²) in [5, 5.41) is 29.0. The van der Waals surface area contributed by atoms with E-state index in [1.54, 1.807) is 18.2 Å². The topological polar surface area (TPSA) is 131 Å². The van der Waals surface area contributed by atoms with Crippen LogP contribution in [0.2, 0.25) is 0 Å². The van der Waals surface area contributed by atoms with Crippen LogP contribution in [0.1, 0.15) is 16.6 Å². The molecule has 1 aliphatic heterocycles. The Hall–Kier alpha value is -2.59. The van der Waals surface area contributed by atoms with Gasteiger partial charge >= 0.3 is 5.69 Å². The molecule has 9 nitrogen and oxygen atoms in total. The summed E-state index contributed by atoms with van der Waals surface area (Å²) in [6.07, 6.45) is -4.27. The number of hydrogen-bond donors (Lipinski definition) is 3. The Balaban J connectivity index is 2.06. The van der Waals surface area contributed by atoms with Crippen LogP contribution in [-0.2, 0) is 4.74 Å². The standard InChI is InChI=1S/C16H16N2O7/c19-8-10-12(21)13(22)15(25-10)17-7-6-11(20)18(16(17)24)14(23)9-4-2-1-3-5-9/h1-7,10,12-13,15,19,21-22H,8H2/t10-,12-,13-,15-/m1/s1. The molecule has 3 N–H and O–H groups in total. The van der Waals surface area contributed by atoms with E-state index < -0.39 is 48.3 Å². The van der Waals surface area contributed by atoms with Crippen molar-refractivity contribution in [2.45, 2.75) is 24.5 Å². The predicted molar refractivity (Wildman–Crippen MR) is 84.1 cm³/mol. The molecular formula is C16H16N2O7. The first-order valence-electron chi connectivity index (χ1n) is 7.52. The van der Waals surface area contributed by atoms with Gasteiger partial charge < -0.3 is 20.1 Å². The smallest absolute Gasteiger partial charge is 0.340 e. The van der Waals surface area contributed by atoms with Gasteiger partial charge in [-0.25, -0.2) is 4.79 Å². The first kappa shape index (κ1) is 17.2. The molecule has 1 fully saturated rings. The number of hydrogen-bond acceptors (Lipinski definition) is 7. The minimum atomic E-state index is -1.51. The molecule has 1 aromatic heterocycles. The largest absolute Gasteiger partial charge is 0.394 e. The quantitative estimate of drug-likeness (QED) is 0.603. The number of carbonyl (C=O) groups is 1. The van der Waals surface area contributed by atoms with Crippen molar-refractivity contribution in [3.05, 3.63) is 69.0 Å². The average Bonchev–Trinajstić information content (AvgIpc) is 2.90. The van der Waals surface area contributed by atoms with Crippen molar-refractivity contribution in [3.8, 4) is 0 Å². The van der Waals surface area contributed by atoms with Crippen molar-refractivity contribution in [2.24, 2.45) is 0 Å². The van der Waals surface area contributed by atoms with Crippen molar-refractivity contribution in [2.75, 3.05) is 6.61 Å². The third-order valence-corrected chi connectivity index (χ3v) is 4.03. The maximum Gasteiger partial charge on any atom is 0.340 e. The van der Waals surface area contributed by atoms with Crippen LogP contribution in [0.25, 0.3) is 0 Å². The van der Waals surface area contributed by atoms with Crippen LogP contribution in [-0.4, -0.2) is 55.3 Å². The Bertz CT molecular complexity index is 889. The summed E-state index contributed by atoms with van der Waals surface area (Å²) in [7, 11) is 0. The number of aliphatic hydroxyl groups excluding tert-OH is 3. The van der Waals surface area contributed by atoms with Crippen molar-refractivity contribution < 1.29 is 24.9 Å². The lowest BCUT2D eigenvalue weighted by Gasteiger charge is -2.18. The molecule has 1 aromatic carbocycles. The van der Waals surface area contributed by atoms with Crippen LogP contribution >= 0.6 is 0 Å². The Kier molecular flexibility index (Phi) is 4.64. The second-order valence-electron chi connectivity index (χ2n) is 5.58. The van der Waals surface area contributed by atoms with Gasteiger partial charge in [0.25, 0.3) is 11.5 Å². The van der Waals surface area contributed by atoms with Crippen LogP contribution < -0.4 is 11.2 Å². The number of aromatic nitrogens is 2. The van der Waals surface area contributed by atoms with E-state index in [4.69, 9.17) is 9.84 Å². The number of ether oxygens (including phenoxy) is 1. The minimum Gasteiger partial charge on any atom is -0.394 e. The number of carbonyl (C=O) groups excluding carboxylic acids is 1. The minimum absolute atomic E-state index is 0.139. The third kappa shape index (κ3) is 2.94. The van der Waals surface area contributed by atoms with E-state index in [-0.39, 0.29) is 5.56 Å². The molecule has 0 aliphatic carbocycles. The van der Waals surface area contributed by atoms with Crippen LogP contribution in [0.5, 0.6) is 0 Å². The van der Waals surface area contributed by atoms with Crippen LogP contribution in [0.4, 0.5) is 0 Å². The summed E-state index contributed by atoms with van der Waals surface area (Å²) in [5.74, 6) is -0.823. The van der Waals surface area contributed by atoms with E-state index in [1.165, 1.54) is 12.1 Å². The SMILES string of the molecule is O=C(c1ccccc1)n1c(=O)ccn([C@@H]2O[C@H](CO)[C@@H](O)[C@H]2O)c1=O. The second kappa shape index (κ2) is 6.73. The van der Waals surface area contributed by atoms with Gasteiger partial charge in [0.1, 0.15) is 18.3 Å². The summed E-state index contributed by atoms with van der Waals surface area (Å²) in [5.41, 5.74) is -1.71. The molecule has 9 heteroatoms. The number of rotatable bonds is 3. The highest BCUT2D eigenvalue weighted by molar-refractivity contribution is 5.95. The summed E-state index contributed by atoms with van der Waals surface area (Å²) in [6, 6.07) is 8.76. The van der Waals surface area contributed by atoms with Gasteiger partial charge in [-0.15, -0.1) is 0 Å². The Morgan fingerprint density at radius 1 is 1.08 bits per heavy atom. The zero-order valence-corrected chi connectivity index (χ0v) is 12.9. The van der Waals surface area contributed by atoms with E-state index in [1.807, 2.05) is 0 Å². The zero-order chi connectivity index (χ0) is 18.1. The number of nitrogens with zero attached hydrogens (tertiary/aromatic N) is 2. The molecule has 3 rings (SSSR count). The fourth-order valence-corrected chi connectivity index (χ4v) is 2.69. The van der Waals surface area contributed by atoms with Gasteiger partial charge in [-0.2, -0.15) is 4.57 Å². The van der Waals surface area contributed by atoms with E-state index in [9.17, 15) is 24.6 Å². The van der Waals surface area contributed by atoms with Gasteiger partial charge in [0.15, 0.2) is 6.23 Å². The molecular weight excluding hydrogens is 332 g/mol. The summed E-state index contributed by atoms with van der Waals surface area (Å²) in [6.45, 7) is -0.563. The molecule has 0 saturated carbocycles. The summed E-state index contributed by atoms with van der Waals surface area (Å²) >= 11 is 0. The van der Waals surface area contributed by atoms with E-state index in [0.29, 0.717) is 4.57 Å². The van der Waals surface area contributed by atoms with Crippen molar-refractivity contribution >= 4 is 5.91 Å². The van der Waals surface area contributed by atoms with Crippen LogP contribution in [0.3, 0.4) is 0 Å². The van der Waals surface area contributed by atoms with Crippen LogP contribution in [0.15, 0.2) is 52.2 Å². The highest BCUT2D eigenvalue weighted by Gasteiger charge is 2.44. The van der Waals surface area contributed by atoms with Crippen molar-refractivity contribution in [3.63, 3.8) is 0 Å². The molecule has 0 radical (unpaired) electrons. The summed E-state index contributed by atoms with van der Waals surface area (Å²) in [4.78, 5) is 37.1. The monoisotopic (exact) mass is 348 g/mol. The average molecular weight is 348 g/mol. The van der Waals surface area contributed by atoms with Gasteiger partial charge in [-0.3, -0.25) is 14.2 Å². The highest BCUT2D eigenvalue weighted by Crippen LogP contribution is 2.27. The lowest BCUT2D eigenvalue weighted by atomic mass is 10.1. The fourth-order valence-electron chi connectivity index (χ4n) is 2.69. The molecule has 0 spiro atoms. The molecule has 4 atom stereocenters. The summed E-state index contributed by atoms with van der Waals surface area (Å²) < 4.78 is 6.53. The molecule has 25 heavy (non-hydrogen) atoms. The van der Waals surface area contributed by atoms with Crippen molar-refractivity contribution in [1.82, 2.24) is 9.13 Å². The van der Waals surface area contributed by atoms with E-state index >= 15 is 0 Å². The molecule has 132 valence electrons. The zero-order valence-electron chi connectivity index (χ0n) is 12.9. The van der Waals surface area contributed by atoms with Gasteiger partial charge in [-0.1, -0.05) is 18.2 Å². The maximum absolute atomic E-state index is 12.6. The fraction of sp³-hybridized carbons (Fsp3) is 0.312. The molecule has 1 saturated heterocycles. The molecule has 1 aliphatic rings. The Morgan fingerprint density at radius 2 is 1.76 bits per heavy atom. The van der Waals surface area contributed by atoms with Crippen LogP contribution in [0, 0.1) is 0 Å². The first-order chi connectivity index (χ1) is 12.0. The Labute approximate surface area is 141 Å². The highest BCUT2D eigenvalue weighted by atomic mass is 16.6. The first-order valence-corrected chi connectivity index (χ1v) is 7.52. The third-order valence-electron chi connectivity index (χ3n) is 4.03. The molecule has 0 amide bonds. The van der Waals surface area contributed by atoms with E-state index in [2.05, 4.69) is 0 Å². The Morgan fingerprint density at radius 3 is 2.36 bits per heavy atom. The van der Waals surface area contributed by atoms with Gasteiger partial charge in [0.05, 0.1) is 6.61 Å². The predicted octanol–water partition coefficient (Wildman–Crippen LogP) is -1.69. The molecule has 2 heterocycles. The lowest BCUT2D eigenvalue weighted by molar-refractivity contribution is -0.0554. The number of aliphatic hydroxyl groups is 3. The second-order valence-corrected chi connectivity index (χ2v) is 5.58.